The minimum Gasteiger partial charge on any atom is -0.390 e. The molecule has 0 aromatic carbocycles. The zero-order valence-corrected chi connectivity index (χ0v) is 13.6. The Hall–Kier alpha value is -1.18. The fraction of sp³-hybridized carbons (Fsp3) is 0.667. The molecule has 0 radical (unpaired) electrons. The quantitative estimate of drug-likeness (QED) is 0.453. The molecule has 0 fully saturated rings. The van der Waals surface area contributed by atoms with Crippen LogP contribution >= 0.6 is 0 Å². The van der Waals surface area contributed by atoms with E-state index >= 15 is 0 Å². The van der Waals surface area contributed by atoms with Gasteiger partial charge in [0.25, 0.3) is 0 Å². The standard InChI is InChI=1S/C18H32N2/c1-15(2)10-8-6-5-7-9-11-16-12-13-17(19-3)18(14-16)20-4/h12-13,16,19-20H,1,5-11,14H2,2-4H3. The predicted octanol–water partition coefficient (Wildman–Crippen LogP) is 4.52. The lowest BCUT2D eigenvalue weighted by molar-refractivity contribution is 0.502. The smallest absolute Gasteiger partial charge is 0.0527 e. The lowest BCUT2D eigenvalue weighted by Crippen LogP contribution is -2.21. The van der Waals surface area contributed by atoms with E-state index in [1.165, 1.54) is 61.9 Å². The molecule has 0 aromatic heterocycles. The first-order valence-corrected chi connectivity index (χ1v) is 8.08. The van der Waals surface area contributed by atoms with Gasteiger partial charge in [-0.05, 0) is 44.6 Å². The van der Waals surface area contributed by atoms with Crippen LogP contribution < -0.4 is 10.6 Å². The monoisotopic (exact) mass is 276 g/mol. The fourth-order valence-electron chi connectivity index (χ4n) is 2.81. The van der Waals surface area contributed by atoms with Gasteiger partial charge < -0.3 is 10.6 Å². The molecule has 0 heterocycles. The number of allylic oxidation sites excluding steroid dienone is 4. The molecule has 0 spiro atoms. The van der Waals surface area contributed by atoms with Crippen LogP contribution in [0.4, 0.5) is 0 Å². The van der Waals surface area contributed by atoms with Crippen molar-refractivity contribution in [2.75, 3.05) is 14.1 Å². The molecule has 0 bridgehead atoms. The molecule has 1 atom stereocenters. The van der Waals surface area contributed by atoms with E-state index in [-0.39, 0.29) is 0 Å². The minimum atomic E-state index is 0.713. The van der Waals surface area contributed by atoms with E-state index in [0.29, 0.717) is 5.92 Å². The van der Waals surface area contributed by atoms with Crippen molar-refractivity contribution in [1.82, 2.24) is 10.6 Å². The van der Waals surface area contributed by atoms with E-state index < -0.39 is 0 Å². The minimum absolute atomic E-state index is 0.713. The Labute approximate surface area is 125 Å². The van der Waals surface area contributed by atoms with E-state index in [9.17, 15) is 0 Å². The molecular formula is C18H32N2. The zero-order chi connectivity index (χ0) is 14.8. The molecule has 1 rings (SSSR count). The van der Waals surface area contributed by atoms with Crippen molar-refractivity contribution >= 4 is 0 Å². The van der Waals surface area contributed by atoms with Crippen LogP contribution in [-0.2, 0) is 0 Å². The lowest BCUT2D eigenvalue weighted by Gasteiger charge is -2.22. The van der Waals surface area contributed by atoms with E-state index in [0.717, 1.165) is 6.42 Å². The van der Waals surface area contributed by atoms with Gasteiger partial charge in [0.15, 0.2) is 0 Å². The van der Waals surface area contributed by atoms with Gasteiger partial charge in [0.05, 0.1) is 5.70 Å². The highest BCUT2D eigenvalue weighted by molar-refractivity contribution is 5.28. The molecular weight excluding hydrogens is 244 g/mol. The van der Waals surface area contributed by atoms with Crippen molar-refractivity contribution in [2.24, 2.45) is 5.92 Å². The van der Waals surface area contributed by atoms with Gasteiger partial charge in [-0.3, -0.25) is 0 Å². The predicted molar refractivity (Wildman–Crippen MR) is 89.5 cm³/mol. The maximum Gasteiger partial charge on any atom is 0.0527 e. The Bertz CT molecular complexity index is 352. The molecule has 2 heteroatoms. The van der Waals surface area contributed by atoms with Gasteiger partial charge >= 0.3 is 0 Å². The molecule has 1 aliphatic carbocycles. The van der Waals surface area contributed by atoms with Crippen molar-refractivity contribution in [1.29, 1.82) is 0 Å². The first kappa shape index (κ1) is 16.9. The van der Waals surface area contributed by atoms with Gasteiger partial charge in [0, 0.05) is 19.8 Å². The van der Waals surface area contributed by atoms with Crippen LogP contribution in [-0.4, -0.2) is 14.1 Å². The summed E-state index contributed by atoms with van der Waals surface area (Å²) in [5, 5.41) is 6.57. The highest BCUT2D eigenvalue weighted by Gasteiger charge is 2.14. The van der Waals surface area contributed by atoms with Crippen molar-refractivity contribution < 1.29 is 0 Å². The fourth-order valence-corrected chi connectivity index (χ4v) is 2.81. The Morgan fingerprint density at radius 1 is 1.15 bits per heavy atom. The normalized spacial score (nSPS) is 18.2. The second-order valence-electron chi connectivity index (χ2n) is 5.98. The summed E-state index contributed by atoms with van der Waals surface area (Å²) in [5.41, 5.74) is 3.91. The van der Waals surface area contributed by atoms with Crippen molar-refractivity contribution in [2.45, 2.75) is 58.3 Å². The number of unbranched alkanes of at least 4 members (excludes halogenated alkanes) is 4. The lowest BCUT2D eigenvalue weighted by atomic mass is 9.91. The average molecular weight is 276 g/mol. The molecule has 2 N–H and O–H groups in total. The van der Waals surface area contributed by atoms with E-state index in [1.807, 2.05) is 14.1 Å². The first-order valence-electron chi connectivity index (χ1n) is 8.08. The van der Waals surface area contributed by atoms with Gasteiger partial charge in [-0.2, -0.15) is 0 Å². The van der Waals surface area contributed by atoms with Gasteiger partial charge in [-0.15, -0.1) is 6.58 Å². The maximum absolute atomic E-state index is 3.96. The first-order chi connectivity index (χ1) is 9.67. The van der Waals surface area contributed by atoms with E-state index in [1.54, 1.807) is 0 Å². The summed E-state index contributed by atoms with van der Waals surface area (Å²) in [7, 11) is 4.01. The SMILES string of the molecule is C=C(C)CCCCCCCC1C=CC(NC)=C(NC)C1. The Balaban J connectivity index is 2.11. The van der Waals surface area contributed by atoms with Crippen LogP contribution in [0.2, 0.25) is 0 Å². The second kappa shape index (κ2) is 9.68. The molecule has 1 aliphatic rings. The molecule has 0 saturated heterocycles. The summed E-state index contributed by atoms with van der Waals surface area (Å²) in [4.78, 5) is 0. The summed E-state index contributed by atoms with van der Waals surface area (Å²) in [6, 6.07) is 0. The summed E-state index contributed by atoms with van der Waals surface area (Å²) >= 11 is 0. The molecule has 0 aromatic rings. The Kier molecular flexibility index (Phi) is 8.17. The molecule has 0 amide bonds. The molecule has 1 unspecified atom stereocenters. The summed E-state index contributed by atoms with van der Waals surface area (Å²) in [6.45, 7) is 6.08. The van der Waals surface area contributed by atoms with Crippen LogP contribution in [0.15, 0.2) is 35.7 Å². The van der Waals surface area contributed by atoms with Crippen molar-refractivity contribution in [3.05, 3.63) is 35.7 Å². The van der Waals surface area contributed by atoms with Crippen LogP contribution in [0, 0.1) is 5.92 Å². The van der Waals surface area contributed by atoms with Crippen molar-refractivity contribution in [3.63, 3.8) is 0 Å². The van der Waals surface area contributed by atoms with Crippen LogP contribution in [0.1, 0.15) is 58.3 Å². The maximum atomic E-state index is 3.96. The molecule has 20 heavy (non-hydrogen) atoms. The van der Waals surface area contributed by atoms with Gasteiger partial charge in [0.2, 0.25) is 0 Å². The highest BCUT2D eigenvalue weighted by Crippen LogP contribution is 2.25. The number of hydrogen-bond acceptors (Lipinski definition) is 2. The van der Waals surface area contributed by atoms with E-state index in [2.05, 4.69) is 36.3 Å². The Morgan fingerprint density at radius 2 is 1.85 bits per heavy atom. The summed E-state index contributed by atoms with van der Waals surface area (Å²) in [6.07, 6.45) is 15.1. The topological polar surface area (TPSA) is 24.1 Å². The molecule has 0 saturated carbocycles. The second-order valence-corrected chi connectivity index (χ2v) is 5.98. The van der Waals surface area contributed by atoms with Crippen LogP contribution in [0.5, 0.6) is 0 Å². The number of rotatable bonds is 10. The Morgan fingerprint density at radius 3 is 2.50 bits per heavy atom. The zero-order valence-electron chi connectivity index (χ0n) is 13.6. The number of nitrogens with one attached hydrogen (secondary N) is 2. The van der Waals surface area contributed by atoms with Gasteiger partial charge in [0.1, 0.15) is 0 Å². The molecule has 0 aliphatic heterocycles. The number of hydrogen-bond donors (Lipinski definition) is 2. The average Bonchev–Trinajstić information content (AvgIpc) is 2.45. The van der Waals surface area contributed by atoms with Gasteiger partial charge in [-0.25, -0.2) is 0 Å². The summed E-state index contributed by atoms with van der Waals surface area (Å²) < 4.78 is 0. The molecule has 114 valence electrons. The van der Waals surface area contributed by atoms with Crippen LogP contribution in [0.3, 0.4) is 0 Å². The number of likely N-dealkylation sites (N-methyl/N-ethyl adjacent to an activating group) is 1. The highest BCUT2D eigenvalue weighted by atomic mass is 14.9. The van der Waals surface area contributed by atoms with Crippen LogP contribution in [0.25, 0.3) is 0 Å². The van der Waals surface area contributed by atoms with Gasteiger partial charge in [-0.1, -0.05) is 37.3 Å². The van der Waals surface area contributed by atoms with E-state index in [4.69, 9.17) is 0 Å². The third kappa shape index (κ3) is 6.31. The molecule has 2 nitrogen and oxygen atoms in total. The summed E-state index contributed by atoms with van der Waals surface area (Å²) in [5.74, 6) is 0.713. The van der Waals surface area contributed by atoms with Crippen molar-refractivity contribution in [3.8, 4) is 0 Å². The third-order valence-electron chi connectivity index (χ3n) is 4.08. The largest absolute Gasteiger partial charge is 0.390 e. The third-order valence-corrected chi connectivity index (χ3v) is 4.08.